The van der Waals surface area contributed by atoms with E-state index in [1.165, 1.54) is 4.90 Å². The van der Waals surface area contributed by atoms with Gasteiger partial charge in [-0.25, -0.2) is 0 Å². The van der Waals surface area contributed by atoms with Crippen LogP contribution in [0.3, 0.4) is 0 Å². The Morgan fingerprint density at radius 3 is 2.77 bits per heavy atom. The van der Waals surface area contributed by atoms with Gasteiger partial charge in [0.15, 0.2) is 0 Å². The van der Waals surface area contributed by atoms with E-state index in [1.807, 2.05) is 18.2 Å². The second kappa shape index (κ2) is 8.56. The number of aliphatic hydroxyl groups is 1. The summed E-state index contributed by atoms with van der Waals surface area (Å²) in [6, 6.07) is 10.3. The lowest BCUT2D eigenvalue weighted by molar-refractivity contribution is 0.280. The normalized spacial score (nSPS) is 11.2. The molecule has 22 heavy (non-hydrogen) atoms. The second-order valence-electron chi connectivity index (χ2n) is 4.84. The van der Waals surface area contributed by atoms with E-state index in [0.717, 1.165) is 12.2 Å². The summed E-state index contributed by atoms with van der Waals surface area (Å²) >= 11 is 1.81. The van der Waals surface area contributed by atoms with Crippen LogP contribution in [0.2, 0.25) is 0 Å². The highest BCUT2D eigenvalue weighted by Crippen LogP contribution is 2.22. The zero-order valence-electron chi connectivity index (χ0n) is 12.6. The fraction of sp³-hybridized carbons (Fsp3) is 0.294. The minimum atomic E-state index is -0.161. The van der Waals surface area contributed by atoms with Gasteiger partial charge in [0, 0.05) is 35.0 Å². The van der Waals surface area contributed by atoms with E-state index < -0.39 is 0 Å². The third kappa shape index (κ3) is 4.58. The predicted molar refractivity (Wildman–Crippen MR) is 90.8 cm³/mol. The maximum atomic E-state index is 9.99. The first kappa shape index (κ1) is 16.5. The molecular formula is C17H20N2O2S. The molecule has 0 saturated heterocycles. The summed E-state index contributed by atoms with van der Waals surface area (Å²) in [6.07, 6.45) is 4.15. The average molecular weight is 316 g/mol. The molecule has 0 spiro atoms. The number of hydrogen-bond donors (Lipinski definition) is 2. The summed E-state index contributed by atoms with van der Waals surface area (Å²) in [7, 11) is 0. The van der Waals surface area contributed by atoms with Crippen molar-refractivity contribution < 1.29 is 10.2 Å². The van der Waals surface area contributed by atoms with Crippen LogP contribution < -0.4 is 0 Å². The number of aliphatic hydroxyl groups excluding tert-OH is 1. The van der Waals surface area contributed by atoms with Crippen LogP contribution in [0.1, 0.15) is 23.2 Å². The van der Waals surface area contributed by atoms with Gasteiger partial charge in [-0.3, -0.25) is 9.98 Å². The molecule has 116 valence electrons. The first-order valence-corrected chi connectivity index (χ1v) is 8.17. The van der Waals surface area contributed by atoms with E-state index in [4.69, 9.17) is 0 Å². The summed E-state index contributed by atoms with van der Waals surface area (Å²) < 4.78 is 0. The Bertz CT molecular complexity index is 630. The maximum absolute atomic E-state index is 9.99. The molecule has 0 aliphatic rings. The van der Waals surface area contributed by atoms with Gasteiger partial charge in [-0.1, -0.05) is 18.2 Å². The Morgan fingerprint density at radius 2 is 2.05 bits per heavy atom. The summed E-state index contributed by atoms with van der Waals surface area (Å²) in [6.45, 7) is 2.25. The van der Waals surface area contributed by atoms with Crippen molar-refractivity contribution in [2.75, 3.05) is 12.3 Å². The molecule has 2 aromatic rings. The van der Waals surface area contributed by atoms with Gasteiger partial charge in [-0.2, -0.15) is 0 Å². The monoisotopic (exact) mass is 316 g/mol. The standard InChI is InChI=1S/C17H20N2O2S/c1-13-17(21)16(14(12-20)10-19-13)11-18-8-5-9-22-15-6-3-2-4-7-15/h2-4,6-7,10-11,20-21H,5,8-9,12H2,1H3. The highest BCUT2D eigenvalue weighted by molar-refractivity contribution is 7.99. The zero-order chi connectivity index (χ0) is 15.8. The number of rotatable bonds is 7. The molecule has 4 nitrogen and oxygen atoms in total. The lowest BCUT2D eigenvalue weighted by Crippen LogP contribution is -1.98. The molecule has 0 radical (unpaired) electrons. The van der Waals surface area contributed by atoms with E-state index in [0.29, 0.717) is 23.4 Å². The lowest BCUT2D eigenvalue weighted by Gasteiger charge is -2.07. The second-order valence-corrected chi connectivity index (χ2v) is 6.01. The minimum Gasteiger partial charge on any atom is -0.505 e. The van der Waals surface area contributed by atoms with Crippen molar-refractivity contribution >= 4 is 18.0 Å². The molecule has 1 aromatic heterocycles. The summed E-state index contributed by atoms with van der Waals surface area (Å²) in [5, 5.41) is 19.3. The van der Waals surface area contributed by atoms with Gasteiger partial charge >= 0.3 is 0 Å². The molecule has 2 N–H and O–H groups in total. The molecule has 0 aliphatic heterocycles. The molecule has 2 rings (SSSR count). The average Bonchev–Trinajstić information content (AvgIpc) is 2.55. The smallest absolute Gasteiger partial charge is 0.145 e. The first-order valence-electron chi connectivity index (χ1n) is 7.18. The largest absolute Gasteiger partial charge is 0.505 e. The van der Waals surface area contributed by atoms with Crippen LogP contribution >= 0.6 is 11.8 Å². The van der Waals surface area contributed by atoms with Crippen LogP contribution in [0.15, 0.2) is 46.4 Å². The molecule has 0 saturated carbocycles. The summed E-state index contributed by atoms with van der Waals surface area (Å²) in [4.78, 5) is 9.63. The van der Waals surface area contributed by atoms with Gasteiger partial charge in [-0.15, -0.1) is 11.8 Å². The van der Waals surface area contributed by atoms with Crippen molar-refractivity contribution in [2.45, 2.75) is 24.8 Å². The lowest BCUT2D eigenvalue weighted by atomic mass is 10.1. The van der Waals surface area contributed by atoms with E-state index in [9.17, 15) is 10.2 Å². The van der Waals surface area contributed by atoms with Crippen LogP contribution in [-0.4, -0.2) is 33.7 Å². The number of nitrogens with zero attached hydrogens (tertiary/aromatic N) is 2. The van der Waals surface area contributed by atoms with Crippen molar-refractivity contribution in [2.24, 2.45) is 4.99 Å². The van der Waals surface area contributed by atoms with Crippen molar-refractivity contribution in [1.82, 2.24) is 4.98 Å². The van der Waals surface area contributed by atoms with Gasteiger partial charge in [0.25, 0.3) is 0 Å². The van der Waals surface area contributed by atoms with Gasteiger partial charge in [-0.05, 0) is 31.2 Å². The number of thioether (sulfide) groups is 1. The molecule has 0 aliphatic carbocycles. The molecule has 5 heteroatoms. The van der Waals surface area contributed by atoms with Crippen LogP contribution in [0.25, 0.3) is 0 Å². The SMILES string of the molecule is Cc1ncc(CO)c(C=NCCCSc2ccccc2)c1O. The van der Waals surface area contributed by atoms with Crippen LogP contribution in [0, 0.1) is 6.92 Å². The molecule has 1 aromatic carbocycles. The first-order chi connectivity index (χ1) is 10.7. The fourth-order valence-corrected chi connectivity index (χ4v) is 2.80. The topological polar surface area (TPSA) is 65.7 Å². The summed E-state index contributed by atoms with van der Waals surface area (Å²) in [5.41, 5.74) is 1.69. The molecular weight excluding hydrogens is 296 g/mol. The van der Waals surface area contributed by atoms with Crippen molar-refractivity contribution in [1.29, 1.82) is 0 Å². The molecule has 0 unspecified atom stereocenters. The number of aromatic nitrogens is 1. The number of pyridine rings is 1. The predicted octanol–water partition coefficient (Wildman–Crippen LogP) is 3.19. The number of benzene rings is 1. The highest BCUT2D eigenvalue weighted by Gasteiger charge is 2.08. The number of aliphatic imine (C=N–C) groups is 1. The Kier molecular flexibility index (Phi) is 6.43. The van der Waals surface area contributed by atoms with Gasteiger partial charge < -0.3 is 10.2 Å². The number of aryl methyl sites for hydroxylation is 1. The quantitative estimate of drug-likeness (QED) is 0.468. The van der Waals surface area contributed by atoms with Gasteiger partial charge in [0.1, 0.15) is 5.75 Å². The van der Waals surface area contributed by atoms with Crippen molar-refractivity contribution in [3.63, 3.8) is 0 Å². The van der Waals surface area contributed by atoms with E-state index in [2.05, 4.69) is 22.1 Å². The van der Waals surface area contributed by atoms with Crippen molar-refractivity contribution in [3.05, 3.63) is 53.3 Å². The molecule has 0 fully saturated rings. The fourth-order valence-electron chi connectivity index (χ4n) is 1.94. The van der Waals surface area contributed by atoms with Crippen molar-refractivity contribution in [3.8, 4) is 5.75 Å². The van der Waals surface area contributed by atoms with Crippen LogP contribution in [0.4, 0.5) is 0 Å². The summed E-state index contributed by atoms with van der Waals surface area (Å²) in [5.74, 6) is 1.09. The third-order valence-corrected chi connectivity index (χ3v) is 4.29. The van der Waals surface area contributed by atoms with E-state index in [1.54, 1.807) is 31.1 Å². The Labute approximate surface area is 135 Å². The Hall–Kier alpha value is -1.85. The zero-order valence-corrected chi connectivity index (χ0v) is 13.4. The highest BCUT2D eigenvalue weighted by atomic mass is 32.2. The van der Waals surface area contributed by atoms with E-state index in [-0.39, 0.29) is 12.4 Å². The molecule has 0 atom stereocenters. The third-order valence-electron chi connectivity index (χ3n) is 3.19. The van der Waals surface area contributed by atoms with Gasteiger partial charge in [0.05, 0.1) is 12.3 Å². The number of hydrogen-bond acceptors (Lipinski definition) is 5. The minimum absolute atomic E-state index is 0.0916. The van der Waals surface area contributed by atoms with E-state index >= 15 is 0 Å². The van der Waals surface area contributed by atoms with Crippen LogP contribution in [0.5, 0.6) is 5.75 Å². The maximum Gasteiger partial charge on any atom is 0.145 e. The Morgan fingerprint density at radius 1 is 1.27 bits per heavy atom. The molecule has 0 bridgehead atoms. The van der Waals surface area contributed by atoms with Gasteiger partial charge in [0.2, 0.25) is 0 Å². The molecule has 1 heterocycles. The molecule has 0 amide bonds. The van der Waals surface area contributed by atoms with Crippen LogP contribution in [-0.2, 0) is 6.61 Å². The Balaban J connectivity index is 1.84. The number of aromatic hydroxyl groups is 1.